The number of aryl methyl sites for hydroxylation is 1. The first kappa shape index (κ1) is 28.0. The van der Waals surface area contributed by atoms with Gasteiger partial charge in [-0.05, 0) is 71.5 Å². The lowest BCUT2D eigenvalue weighted by Gasteiger charge is -2.30. The molecule has 2 heterocycles. The molecule has 4 aromatic carbocycles. The molecule has 12 heteroatoms. The van der Waals surface area contributed by atoms with Gasteiger partial charge in [-0.2, -0.15) is 0 Å². The highest BCUT2D eigenvalue weighted by molar-refractivity contribution is 7.07. The van der Waals surface area contributed by atoms with E-state index >= 15 is 0 Å². The molecular weight excluding hydrogens is 599 g/mol. The fourth-order valence-electron chi connectivity index (χ4n) is 5.76. The molecule has 2 aliphatic rings. The SMILES string of the molecule is O=c1/c(=C/c2cccc(Oc3ccc([N+](=O)[O-])cc3[N+](=O)[O-])c2)sc2n1[C@@H](c1ccc(F)cc1)C1=C(N=2)c2ccccc2CC1. The molecule has 10 nitrogen and oxygen atoms in total. The highest BCUT2D eigenvalue weighted by Gasteiger charge is 2.32. The first-order valence-corrected chi connectivity index (χ1v) is 14.7. The van der Waals surface area contributed by atoms with Gasteiger partial charge < -0.3 is 4.74 Å². The predicted molar refractivity (Wildman–Crippen MR) is 165 cm³/mol. The van der Waals surface area contributed by atoms with E-state index in [1.165, 1.54) is 35.1 Å². The molecule has 0 spiro atoms. The average Bonchev–Trinajstić information content (AvgIpc) is 3.34. The molecule has 0 amide bonds. The molecule has 45 heavy (non-hydrogen) atoms. The average molecular weight is 621 g/mol. The molecule has 7 rings (SSSR count). The lowest BCUT2D eigenvalue weighted by molar-refractivity contribution is -0.394. The van der Waals surface area contributed by atoms with Crippen molar-refractivity contribution < 1.29 is 19.0 Å². The van der Waals surface area contributed by atoms with Crippen LogP contribution in [0.2, 0.25) is 0 Å². The third-order valence-electron chi connectivity index (χ3n) is 7.79. The molecule has 1 aliphatic carbocycles. The van der Waals surface area contributed by atoms with E-state index in [1.807, 2.05) is 18.2 Å². The smallest absolute Gasteiger partial charge is 0.318 e. The van der Waals surface area contributed by atoms with Crippen molar-refractivity contribution in [2.24, 2.45) is 4.99 Å². The van der Waals surface area contributed by atoms with Gasteiger partial charge in [-0.3, -0.25) is 29.6 Å². The standard InChI is InChI=1S/C33H21FN4O6S/c34-22-11-8-21(9-12-22)31-26-14-10-20-5-1-2-7-25(20)30(26)35-33-36(31)32(39)29(45-33)17-19-4-3-6-24(16-19)44-28-15-13-23(37(40)41)18-27(28)38(42)43/h1-9,11-13,15-18,31H,10,14H2/b29-17-/t31-/m0/s1. The fourth-order valence-corrected chi connectivity index (χ4v) is 6.76. The van der Waals surface area contributed by atoms with Crippen molar-refractivity contribution in [1.82, 2.24) is 4.57 Å². The van der Waals surface area contributed by atoms with E-state index in [9.17, 15) is 29.4 Å². The van der Waals surface area contributed by atoms with E-state index in [1.54, 1.807) is 47.0 Å². The number of benzene rings is 4. The Morgan fingerprint density at radius 3 is 2.51 bits per heavy atom. The van der Waals surface area contributed by atoms with Gasteiger partial charge in [0.2, 0.25) is 5.75 Å². The maximum absolute atomic E-state index is 14.0. The van der Waals surface area contributed by atoms with Gasteiger partial charge in [0, 0.05) is 11.6 Å². The van der Waals surface area contributed by atoms with Crippen LogP contribution in [-0.4, -0.2) is 14.4 Å². The summed E-state index contributed by atoms with van der Waals surface area (Å²) in [6.07, 6.45) is 3.20. The number of hydrogen-bond donors (Lipinski definition) is 0. The number of nitro benzene ring substituents is 2. The van der Waals surface area contributed by atoms with Crippen molar-refractivity contribution in [3.05, 3.63) is 165 Å². The Morgan fingerprint density at radius 1 is 0.933 bits per heavy atom. The van der Waals surface area contributed by atoms with Crippen LogP contribution in [0, 0.1) is 26.0 Å². The number of non-ortho nitro benzene ring substituents is 1. The number of hydrogen-bond acceptors (Lipinski definition) is 8. The molecule has 1 aliphatic heterocycles. The van der Waals surface area contributed by atoms with E-state index in [0.29, 0.717) is 21.3 Å². The molecule has 0 bridgehead atoms. The maximum atomic E-state index is 14.0. The van der Waals surface area contributed by atoms with E-state index in [2.05, 4.69) is 6.07 Å². The summed E-state index contributed by atoms with van der Waals surface area (Å²) >= 11 is 1.24. The lowest BCUT2D eigenvalue weighted by Crippen LogP contribution is -2.38. The Bertz CT molecular complexity index is 2260. The van der Waals surface area contributed by atoms with Gasteiger partial charge in [-0.15, -0.1) is 0 Å². The molecule has 0 unspecified atom stereocenters. The second-order valence-corrected chi connectivity index (χ2v) is 11.5. The van der Waals surface area contributed by atoms with Gasteiger partial charge in [0.1, 0.15) is 11.6 Å². The van der Waals surface area contributed by atoms with Gasteiger partial charge >= 0.3 is 5.69 Å². The highest BCUT2D eigenvalue weighted by Crippen LogP contribution is 2.41. The summed E-state index contributed by atoms with van der Waals surface area (Å²) in [5, 5.41) is 22.7. The molecule has 0 fully saturated rings. The first-order chi connectivity index (χ1) is 21.8. The van der Waals surface area contributed by atoms with Crippen LogP contribution in [0.5, 0.6) is 11.5 Å². The zero-order valence-electron chi connectivity index (χ0n) is 23.3. The molecule has 5 aromatic rings. The summed E-state index contributed by atoms with van der Waals surface area (Å²) in [7, 11) is 0. The lowest BCUT2D eigenvalue weighted by atomic mass is 9.83. The fraction of sp³-hybridized carbons (Fsp3) is 0.0909. The minimum absolute atomic E-state index is 0.160. The van der Waals surface area contributed by atoms with Crippen LogP contribution in [0.1, 0.15) is 34.7 Å². The number of nitrogens with zero attached hydrogens (tertiary/aromatic N) is 4. The third-order valence-corrected chi connectivity index (χ3v) is 8.78. The Morgan fingerprint density at radius 2 is 1.73 bits per heavy atom. The molecule has 0 N–H and O–H groups in total. The number of ether oxygens (including phenoxy) is 1. The zero-order chi connectivity index (χ0) is 31.2. The number of aromatic nitrogens is 1. The summed E-state index contributed by atoms with van der Waals surface area (Å²) < 4.78 is 21.7. The van der Waals surface area contributed by atoms with Gasteiger partial charge in [-0.1, -0.05) is 59.9 Å². The van der Waals surface area contributed by atoms with Gasteiger partial charge in [-0.25, -0.2) is 9.38 Å². The Hall–Kier alpha value is -5.75. The number of nitro groups is 2. The summed E-state index contributed by atoms with van der Waals surface area (Å²) in [5.74, 6) is -0.285. The van der Waals surface area contributed by atoms with Crippen LogP contribution in [0.4, 0.5) is 15.8 Å². The number of rotatable bonds is 6. The van der Waals surface area contributed by atoms with Crippen LogP contribution >= 0.6 is 11.3 Å². The highest BCUT2D eigenvalue weighted by atomic mass is 32.1. The Labute approximate surface area is 257 Å². The van der Waals surface area contributed by atoms with Crippen molar-refractivity contribution in [3.8, 4) is 11.5 Å². The van der Waals surface area contributed by atoms with Crippen LogP contribution in [0.15, 0.2) is 106 Å². The summed E-state index contributed by atoms with van der Waals surface area (Å²) in [4.78, 5) is 40.7. The molecular formula is C33H21FN4O6S. The molecule has 0 saturated carbocycles. The largest absolute Gasteiger partial charge is 0.450 e. The summed E-state index contributed by atoms with van der Waals surface area (Å²) in [6.45, 7) is 0. The minimum Gasteiger partial charge on any atom is -0.450 e. The van der Waals surface area contributed by atoms with Crippen LogP contribution < -0.4 is 19.6 Å². The van der Waals surface area contributed by atoms with E-state index in [-0.39, 0.29) is 22.9 Å². The Kier molecular flexibility index (Phi) is 6.90. The molecule has 1 atom stereocenters. The van der Waals surface area contributed by atoms with E-state index in [4.69, 9.17) is 9.73 Å². The molecule has 0 radical (unpaired) electrons. The molecule has 0 saturated heterocycles. The van der Waals surface area contributed by atoms with Crippen molar-refractivity contribution in [1.29, 1.82) is 0 Å². The van der Waals surface area contributed by atoms with E-state index in [0.717, 1.165) is 41.0 Å². The Balaban J connectivity index is 1.32. The monoisotopic (exact) mass is 620 g/mol. The van der Waals surface area contributed by atoms with Gasteiger partial charge in [0.15, 0.2) is 4.80 Å². The van der Waals surface area contributed by atoms with Crippen molar-refractivity contribution in [2.45, 2.75) is 18.9 Å². The third kappa shape index (κ3) is 5.10. The van der Waals surface area contributed by atoms with E-state index < -0.39 is 27.3 Å². The van der Waals surface area contributed by atoms with Gasteiger partial charge in [0.05, 0.1) is 32.2 Å². The number of fused-ring (bicyclic) bond motifs is 3. The summed E-state index contributed by atoms with van der Waals surface area (Å²) in [5.41, 5.74) is 4.18. The van der Waals surface area contributed by atoms with Gasteiger partial charge in [0.25, 0.3) is 11.2 Å². The maximum Gasteiger partial charge on any atom is 0.318 e. The summed E-state index contributed by atoms with van der Waals surface area (Å²) in [6, 6.07) is 23.6. The van der Waals surface area contributed by atoms with Crippen LogP contribution in [0.3, 0.4) is 0 Å². The first-order valence-electron chi connectivity index (χ1n) is 13.9. The zero-order valence-corrected chi connectivity index (χ0v) is 24.1. The minimum atomic E-state index is -0.748. The number of thiazole rings is 1. The van der Waals surface area contributed by atoms with Crippen LogP contribution in [0.25, 0.3) is 11.8 Å². The van der Waals surface area contributed by atoms with Crippen molar-refractivity contribution in [3.63, 3.8) is 0 Å². The van der Waals surface area contributed by atoms with Crippen molar-refractivity contribution >= 4 is 34.5 Å². The second-order valence-electron chi connectivity index (χ2n) is 10.5. The van der Waals surface area contributed by atoms with Crippen molar-refractivity contribution in [2.75, 3.05) is 0 Å². The topological polar surface area (TPSA) is 130 Å². The number of halogens is 1. The quantitative estimate of drug-likeness (QED) is 0.167. The normalized spacial score (nSPS) is 15.5. The molecule has 1 aromatic heterocycles. The second kappa shape index (κ2) is 11.1. The van der Waals surface area contributed by atoms with Crippen LogP contribution in [-0.2, 0) is 6.42 Å². The number of allylic oxidation sites excluding steroid dienone is 1. The predicted octanol–water partition coefficient (Wildman–Crippen LogP) is 6.07. The molecule has 222 valence electrons.